The van der Waals surface area contributed by atoms with Gasteiger partial charge in [0.2, 0.25) is 5.91 Å². The second kappa shape index (κ2) is 19.4. The molecule has 344 valence electrons. The number of aryl methyl sites for hydroxylation is 3. The number of amides is 1. The second-order valence-electron chi connectivity index (χ2n) is 16.6. The van der Waals surface area contributed by atoms with Crippen LogP contribution in [0.15, 0.2) is 134 Å². The van der Waals surface area contributed by atoms with Crippen molar-refractivity contribution in [3.63, 3.8) is 0 Å². The summed E-state index contributed by atoms with van der Waals surface area (Å²) in [6.07, 6.45) is 0.118. The first kappa shape index (κ1) is 47.2. The van der Waals surface area contributed by atoms with Crippen LogP contribution in [-0.2, 0) is 38.1 Å². The summed E-state index contributed by atoms with van der Waals surface area (Å²) < 4.78 is 65.4. The normalized spacial score (nSPS) is 12.1. The molecule has 0 aliphatic rings. The third-order valence-electron chi connectivity index (χ3n) is 10.4. The monoisotopic (exact) mass is 941 g/mol. The Bertz CT molecular complexity index is 3310. The summed E-state index contributed by atoms with van der Waals surface area (Å²) >= 11 is -2.19. The number of azo groups is 1. The van der Waals surface area contributed by atoms with Gasteiger partial charge in [0.15, 0.2) is 5.76 Å². The zero-order valence-corrected chi connectivity index (χ0v) is 39.3. The van der Waals surface area contributed by atoms with Crippen LogP contribution in [0.1, 0.15) is 67.7 Å². The van der Waals surface area contributed by atoms with E-state index in [2.05, 4.69) is 31.1 Å². The van der Waals surface area contributed by atoms with Crippen molar-refractivity contribution < 1.29 is 36.0 Å². The molecule has 0 fully saturated rings. The van der Waals surface area contributed by atoms with Crippen LogP contribution >= 0.6 is 0 Å². The van der Waals surface area contributed by atoms with Gasteiger partial charge in [0.05, 0.1) is 38.8 Å². The van der Waals surface area contributed by atoms with Gasteiger partial charge in [0, 0.05) is 34.4 Å². The van der Waals surface area contributed by atoms with Gasteiger partial charge in [-0.1, -0.05) is 69.7 Å². The van der Waals surface area contributed by atoms with E-state index in [9.17, 15) is 32.6 Å². The number of phenols is 1. The minimum atomic E-state index is -4.38. The molecule has 1 atom stereocenters. The van der Waals surface area contributed by atoms with E-state index in [1.54, 1.807) is 49.4 Å². The molecule has 1 heterocycles. The number of aromatic hydroxyl groups is 1. The van der Waals surface area contributed by atoms with E-state index in [-0.39, 0.29) is 80.0 Å². The van der Waals surface area contributed by atoms with Crippen molar-refractivity contribution in [2.75, 3.05) is 14.8 Å². The fraction of sp³-hybridized carbons (Fsp3) is 0.204. The number of carbonyl (C=O) groups is 1. The van der Waals surface area contributed by atoms with E-state index in [1.165, 1.54) is 53.3 Å². The van der Waals surface area contributed by atoms with Gasteiger partial charge in [-0.25, -0.2) is 8.42 Å². The largest absolute Gasteiger partial charge is 0.505 e. The predicted octanol–water partition coefficient (Wildman–Crippen LogP) is 10.6. The van der Waals surface area contributed by atoms with Gasteiger partial charge < -0.3 is 23.9 Å². The molecule has 6 aromatic carbocycles. The number of nitrogens with one attached hydrogen (secondary N) is 3. The molecule has 67 heavy (non-hydrogen) atoms. The number of fused-ring (bicyclic) bond motifs is 1. The third kappa shape index (κ3) is 10.7. The SMILES string of the molecule is CCC(=O)Nc1cc(N=Nc2ccc(C)cc2C#N)c2c(NS(=O)(=O)c3cccc(OS(=O)Nc4ccc(OCc5c(C(C)(C)C)on(-c6ccc(C)cc6C)c5=O)cc4)c3)cccc2c1O. The summed E-state index contributed by atoms with van der Waals surface area (Å²) in [5.41, 5.74) is 4.02. The maximum atomic E-state index is 14.0. The number of nitriles is 1. The zero-order valence-electron chi connectivity index (χ0n) is 37.6. The van der Waals surface area contributed by atoms with Crippen molar-refractivity contribution in [1.29, 1.82) is 5.26 Å². The Kier molecular flexibility index (Phi) is 13.7. The van der Waals surface area contributed by atoms with Gasteiger partial charge in [-0.2, -0.15) is 9.47 Å². The lowest BCUT2D eigenvalue weighted by molar-refractivity contribution is -0.115. The number of ether oxygens (including phenoxy) is 1. The van der Waals surface area contributed by atoms with E-state index in [0.29, 0.717) is 28.4 Å². The number of benzene rings is 6. The summed E-state index contributed by atoms with van der Waals surface area (Å²) in [6, 6.07) is 30.6. The number of hydrogen-bond donors (Lipinski definition) is 4. The molecule has 0 bridgehead atoms. The predicted molar refractivity (Wildman–Crippen MR) is 258 cm³/mol. The molecule has 18 heteroatoms. The number of aromatic nitrogens is 1. The first-order valence-electron chi connectivity index (χ1n) is 20.9. The molecule has 7 aromatic rings. The molecule has 0 saturated heterocycles. The smallest absolute Gasteiger partial charge is 0.316 e. The molecule has 0 aliphatic heterocycles. The lowest BCUT2D eigenvalue weighted by Gasteiger charge is -2.16. The molecule has 1 amide bonds. The lowest BCUT2D eigenvalue weighted by atomic mass is 9.91. The van der Waals surface area contributed by atoms with Crippen molar-refractivity contribution in [3.05, 3.63) is 153 Å². The van der Waals surface area contributed by atoms with E-state index < -0.39 is 26.7 Å². The fourth-order valence-corrected chi connectivity index (χ4v) is 8.83. The van der Waals surface area contributed by atoms with E-state index in [1.807, 2.05) is 59.7 Å². The summed E-state index contributed by atoms with van der Waals surface area (Å²) in [6.45, 7) is 13.2. The first-order chi connectivity index (χ1) is 31.8. The second-order valence-corrected chi connectivity index (χ2v) is 19.1. The molecule has 7 rings (SSSR count). The maximum absolute atomic E-state index is 14.0. The minimum Gasteiger partial charge on any atom is -0.505 e. The van der Waals surface area contributed by atoms with Crippen LogP contribution in [0, 0.1) is 32.1 Å². The Hall–Kier alpha value is -7.75. The fourth-order valence-electron chi connectivity index (χ4n) is 7.07. The van der Waals surface area contributed by atoms with Crippen molar-refractivity contribution in [2.24, 2.45) is 10.2 Å². The number of hydrogen-bond acceptors (Lipinski definition) is 12. The average Bonchev–Trinajstić information content (AvgIpc) is 3.62. The Morgan fingerprint density at radius 1 is 0.881 bits per heavy atom. The molecule has 0 spiro atoms. The van der Waals surface area contributed by atoms with Crippen LogP contribution in [-0.4, -0.2) is 28.4 Å². The molecule has 16 nitrogen and oxygen atoms in total. The number of anilines is 3. The Balaban J connectivity index is 1.07. The van der Waals surface area contributed by atoms with Crippen LogP contribution in [0.4, 0.5) is 28.4 Å². The number of carbonyl (C=O) groups excluding carboxylic acids is 1. The number of rotatable bonds is 15. The summed E-state index contributed by atoms with van der Waals surface area (Å²) in [4.78, 5) is 25.8. The molecule has 1 unspecified atom stereocenters. The Morgan fingerprint density at radius 2 is 1.58 bits per heavy atom. The van der Waals surface area contributed by atoms with E-state index in [0.717, 1.165) is 16.7 Å². The van der Waals surface area contributed by atoms with Crippen LogP contribution in [0.25, 0.3) is 16.5 Å². The van der Waals surface area contributed by atoms with Crippen molar-refractivity contribution in [2.45, 2.75) is 71.8 Å². The zero-order chi connectivity index (χ0) is 48.2. The lowest BCUT2D eigenvalue weighted by Crippen LogP contribution is -2.20. The highest BCUT2D eigenvalue weighted by Crippen LogP contribution is 2.44. The maximum Gasteiger partial charge on any atom is 0.316 e. The highest BCUT2D eigenvalue weighted by Gasteiger charge is 2.29. The molecule has 0 radical (unpaired) electrons. The van der Waals surface area contributed by atoms with Gasteiger partial charge in [-0.05, 0) is 98.6 Å². The van der Waals surface area contributed by atoms with Crippen LogP contribution in [0.2, 0.25) is 0 Å². The van der Waals surface area contributed by atoms with Gasteiger partial charge in [-0.3, -0.25) is 19.0 Å². The topological polar surface area (TPSA) is 227 Å². The number of sulfonamides is 1. The van der Waals surface area contributed by atoms with Gasteiger partial charge in [0.1, 0.15) is 35.6 Å². The molecule has 0 aliphatic carbocycles. The van der Waals surface area contributed by atoms with E-state index in [4.69, 9.17) is 13.4 Å². The standard InChI is InChI=1S/C49H47N7O9S2/c1-8-44(57)51-42-26-41(53-52-39-21-15-30(3)24-32(39)27-50)45-37(46(42)58)13-10-14-40(45)55-67(61,62)36-12-9-11-35(25-36)65-66(60)54-33-17-19-34(20-18-33)63-28-38-47(49(5,6)7)64-56(48(38)59)43-22-16-29(2)23-31(43)4/h9-26,54-55,58H,8,28H2,1-7H3,(H,51,57). The van der Waals surface area contributed by atoms with Gasteiger partial charge >= 0.3 is 11.3 Å². The first-order valence-corrected chi connectivity index (χ1v) is 23.5. The van der Waals surface area contributed by atoms with Crippen LogP contribution in [0.3, 0.4) is 0 Å². The van der Waals surface area contributed by atoms with Gasteiger partial charge in [0.25, 0.3) is 15.6 Å². The van der Waals surface area contributed by atoms with E-state index >= 15 is 0 Å². The average molecular weight is 942 g/mol. The quantitative estimate of drug-likeness (QED) is 0.0561. The Labute approximate surface area is 389 Å². The van der Waals surface area contributed by atoms with Gasteiger partial charge in [-0.15, -0.1) is 15.0 Å². The van der Waals surface area contributed by atoms with Crippen molar-refractivity contribution >= 4 is 66.4 Å². The number of nitrogens with zero attached hydrogens (tertiary/aromatic N) is 4. The minimum absolute atomic E-state index is 0.0115. The molecular formula is C49H47N7O9S2. The Morgan fingerprint density at radius 3 is 2.28 bits per heavy atom. The van der Waals surface area contributed by atoms with Crippen molar-refractivity contribution in [1.82, 2.24) is 4.74 Å². The molecule has 1 aromatic heterocycles. The summed E-state index contributed by atoms with van der Waals surface area (Å²) in [7, 11) is -4.38. The highest BCUT2D eigenvalue weighted by atomic mass is 32.2. The third-order valence-corrected chi connectivity index (χ3v) is 12.5. The summed E-state index contributed by atoms with van der Waals surface area (Å²) in [5, 5.41) is 32.6. The molecular weight excluding hydrogens is 895 g/mol. The highest BCUT2D eigenvalue weighted by molar-refractivity contribution is 7.92. The van der Waals surface area contributed by atoms with Crippen molar-refractivity contribution in [3.8, 4) is 29.0 Å². The van der Waals surface area contributed by atoms with Crippen LogP contribution in [0.5, 0.6) is 17.2 Å². The van der Waals surface area contributed by atoms with Crippen LogP contribution < -0.4 is 29.2 Å². The number of phenolic OH excluding ortho intramolecular Hbond substituents is 1. The molecule has 4 N–H and O–H groups in total. The molecule has 0 saturated carbocycles. The summed E-state index contributed by atoms with van der Waals surface area (Å²) in [5.74, 6) is 0.173.